The molecular weight excluding hydrogens is 479 g/mol. The first-order valence-electron chi connectivity index (χ1n) is 11.5. The van der Waals surface area contributed by atoms with Crippen molar-refractivity contribution in [3.63, 3.8) is 0 Å². The number of imidazole rings is 3. The lowest BCUT2D eigenvalue weighted by Crippen LogP contribution is -3.00. The normalized spacial score (nSPS) is 9.27. The van der Waals surface area contributed by atoms with E-state index in [4.69, 9.17) is 0 Å². The van der Waals surface area contributed by atoms with Crippen molar-refractivity contribution in [2.24, 2.45) is 21.1 Å². The maximum absolute atomic E-state index is 2.21. The molecule has 192 valence electrons. The molecule has 3 rings (SSSR count). The topological polar surface area (TPSA) is 26.4 Å². The van der Waals surface area contributed by atoms with Gasteiger partial charge in [0.2, 0.25) is 19.0 Å². The summed E-state index contributed by atoms with van der Waals surface area (Å²) in [6.07, 6.45) is 26.5. The van der Waals surface area contributed by atoms with Crippen LogP contribution in [0.1, 0.15) is 59.3 Å². The maximum Gasteiger partial charge on any atom is 0.243 e. The van der Waals surface area contributed by atoms with Crippen molar-refractivity contribution in [1.29, 1.82) is 0 Å². The van der Waals surface area contributed by atoms with Crippen LogP contribution in [-0.2, 0) is 40.8 Å². The number of nitrogens with zero attached hydrogens (tertiary/aromatic N) is 6. The Bertz CT molecular complexity index is 692. The summed E-state index contributed by atoms with van der Waals surface area (Å²) in [6.45, 7) is 10.1. The first-order chi connectivity index (χ1) is 14.5. The first-order valence-corrected chi connectivity index (χ1v) is 11.5. The average molecular weight is 524 g/mol. The highest BCUT2D eigenvalue weighted by Crippen LogP contribution is 1.87. The highest BCUT2D eigenvalue weighted by Gasteiger charge is 1.98. The zero-order valence-corrected chi connectivity index (χ0v) is 23.6. The predicted octanol–water partition coefficient (Wildman–Crippen LogP) is -5.65. The molecule has 0 atom stereocenters. The van der Waals surface area contributed by atoms with E-state index in [1.165, 1.54) is 38.5 Å². The lowest BCUT2D eigenvalue weighted by molar-refractivity contribution is -0.696. The number of rotatable bonds is 9. The molecule has 0 N–H and O–H groups in total. The zero-order valence-electron chi connectivity index (χ0n) is 21.4. The van der Waals surface area contributed by atoms with Gasteiger partial charge in [0.25, 0.3) is 0 Å². The van der Waals surface area contributed by atoms with Crippen molar-refractivity contribution in [3.8, 4) is 0 Å². The van der Waals surface area contributed by atoms with Gasteiger partial charge in [-0.3, -0.25) is 0 Å². The third-order valence-electron chi connectivity index (χ3n) is 4.78. The molecule has 0 spiro atoms. The summed E-state index contributed by atoms with van der Waals surface area (Å²) in [4.78, 5) is 0. The molecule has 33 heavy (non-hydrogen) atoms. The molecule has 0 bridgehead atoms. The van der Waals surface area contributed by atoms with Crippen LogP contribution in [0, 0.1) is 0 Å². The Balaban J connectivity index is -0.000000391. The number of halogens is 3. The van der Waals surface area contributed by atoms with Crippen LogP contribution in [0.4, 0.5) is 0 Å². The Morgan fingerprint density at radius 3 is 0.879 bits per heavy atom. The van der Waals surface area contributed by atoms with Gasteiger partial charge >= 0.3 is 0 Å². The molecule has 0 aliphatic rings. The van der Waals surface area contributed by atoms with E-state index in [-0.39, 0.29) is 37.2 Å². The Labute approximate surface area is 220 Å². The second-order valence-electron chi connectivity index (χ2n) is 8.01. The summed E-state index contributed by atoms with van der Waals surface area (Å²) >= 11 is 0. The van der Waals surface area contributed by atoms with Gasteiger partial charge in [0.1, 0.15) is 37.2 Å². The van der Waals surface area contributed by atoms with Gasteiger partial charge in [-0.25, -0.2) is 27.4 Å². The summed E-state index contributed by atoms with van der Waals surface area (Å²) in [7, 11) is 6.13. The summed E-state index contributed by atoms with van der Waals surface area (Å²) < 4.78 is 12.8. The monoisotopic (exact) mass is 522 g/mol. The van der Waals surface area contributed by atoms with E-state index < -0.39 is 0 Å². The summed E-state index contributed by atoms with van der Waals surface area (Å²) in [5.74, 6) is 0. The van der Waals surface area contributed by atoms with Gasteiger partial charge in [0.15, 0.2) is 0 Å². The second kappa shape index (κ2) is 22.3. The van der Waals surface area contributed by atoms with Crippen LogP contribution in [0.5, 0.6) is 0 Å². The Morgan fingerprint density at radius 1 is 0.485 bits per heavy atom. The van der Waals surface area contributed by atoms with Crippen LogP contribution in [0.3, 0.4) is 0 Å². The quantitative estimate of drug-likeness (QED) is 0.250. The van der Waals surface area contributed by atoms with E-state index in [1.807, 2.05) is 21.1 Å². The molecule has 0 aliphatic carbocycles. The molecule has 0 saturated carbocycles. The van der Waals surface area contributed by atoms with Crippen LogP contribution < -0.4 is 50.9 Å². The van der Waals surface area contributed by atoms with Crippen molar-refractivity contribution in [2.75, 3.05) is 0 Å². The maximum atomic E-state index is 2.21. The van der Waals surface area contributed by atoms with Gasteiger partial charge in [0.05, 0.1) is 40.8 Å². The summed E-state index contributed by atoms with van der Waals surface area (Å²) in [5, 5.41) is 0. The molecular formula is C24H45Cl3N6. The van der Waals surface area contributed by atoms with Gasteiger partial charge < -0.3 is 37.2 Å². The van der Waals surface area contributed by atoms with Crippen LogP contribution in [0.15, 0.2) is 56.2 Å². The lowest BCUT2D eigenvalue weighted by Gasteiger charge is -1.90. The van der Waals surface area contributed by atoms with Gasteiger partial charge in [-0.1, -0.05) is 40.0 Å². The van der Waals surface area contributed by atoms with E-state index >= 15 is 0 Å². The minimum absolute atomic E-state index is 0. The Hall–Kier alpha value is -1.50. The fraction of sp³-hybridized carbons (Fsp3) is 0.625. The largest absolute Gasteiger partial charge is 1.00 e. The van der Waals surface area contributed by atoms with Crippen molar-refractivity contribution in [2.45, 2.75) is 78.9 Å². The molecule has 0 aromatic carbocycles. The number of aromatic nitrogens is 6. The third kappa shape index (κ3) is 17.6. The summed E-state index contributed by atoms with van der Waals surface area (Å²) in [6, 6.07) is 0. The summed E-state index contributed by atoms with van der Waals surface area (Å²) in [5.41, 5.74) is 0. The van der Waals surface area contributed by atoms with Crippen molar-refractivity contribution in [3.05, 3.63) is 56.2 Å². The average Bonchev–Trinajstić information content (AvgIpc) is 3.46. The fourth-order valence-corrected chi connectivity index (χ4v) is 2.92. The minimum atomic E-state index is 0. The van der Waals surface area contributed by atoms with E-state index in [0.717, 1.165) is 19.6 Å². The molecule has 0 fully saturated rings. The molecule has 3 aromatic heterocycles. The molecule has 9 heteroatoms. The Kier molecular flexibility index (Phi) is 24.4. The van der Waals surface area contributed by atoms with Crippen LogP contribution >= 0.6 is 0 Å². The van der Waals surface area contributed by atoms with Crippen LogP contribution in [-0.4, -0.2) is 13.7 Å². The van der Waals surface area contributed by atoms with Gasteiger partial charge in [-0.2, -0.15) is 0 Å². The molecule has 3 aromatic rings. The van der Waals surface area contributed by atoms with Crippen molar-refractivity contribution in [1.82, 2.24) is 13.7 Å². The number of unbranched alkanes of at least 4 members (excludes halogenated alkanes) is 3. The van der Waals surface area contributed by atoms with E-state index in [2.05, 4.69) is 104 Å². The number of hydrogen-bond acceptors (Lipinski definition) is 0. The van der Waals surface area contributed by atoms with Crippen molar-refractivity contribution >= 4 is 0 Å². The smallest absolute Gasteiger partial charge is 0.243 e. The molecule has 6 nitrogen and oxygen atoms in total. The highest BCUT2D eigenvalue weighted by molar-refractivity contribution is 4.63. The van der Waals surface area contributed by atoms with E-state index in [1.54, 1.807) is 0 Å². The van der Waals surface area contributed by atoms with Crippen molar-refractivity contribution < 1.29 is 50.9 Å². The third-order valence-corrected chi connectivity index (χ3v) is 4.78. The second-order valence-corrected chi connectivity index (χ2v) is 8.01. The van der Waals surface area contributed by atoms with Gasteiger partial charge in [-0.15, -0.1) is 0 Å². The highest BCUT2D eigenvalue weighted by atomic mass is 35.5. The first kappa shape index (κ1) is 36.1. The zero-order chi connectivity index (χ0) is 22.2. The molecule has 0 aliphatic heterocycles. The molecule has 0 amide bonds. The Morgan fingerprint density at radius 2 is 0.727 bits per heavy atom. The SMILES string of the molecule is CCCC[n+]1ccn(C)c1.CCCC[n+]1ccn(C)c1.CCCC[n+]1ccn(C)c1.[Cl-].[Cl-].[Cl-]. The lowest BCUT2D eigenvalue weighted by atomic mass is 10.3. The van der Waals surface area contributed by atoms with Crippen LogP contribution in [0.2, 0.25) is 0 Å². The standard InChI is InChI=1S/3C8H15N2.3ClH/c3*1-3-4-5-10-7-6-9(2)8-10;;;/h3*6-8H,3-5H2,1-2H3;3*1H/q3*+1;;;/p-3. The van der Waals surface area contributed by atoms with Gasteiger partial charge in [0, 0.05) is 0 Å². The minimum Gasteiger partial charge on any atom is -1.00 e. The van der Waals surface area contributed by atoms with E-state index in [0.29, 0.717) is 0 Å². The molecule has 0 saturated heterocycles. The fourth-order valence-electron chi connectivity index (χ4n) is 2.92. The van der Waals surface area contributed by atoms with Gasteiger partial charge in [-0.05, 0) is 19.3 Å². The predicted molar refractivity (Wildman–Crippen MR) is 122 cm³/mol. The molecule has 0 radical (unpaired) electrons. The molecule has 3 heterocycles. The van der Waals surface area contributed by atoms with E-state index in [9.17, 15) is 0 Å². The molecule has 0 unspecified atom stereocenters. The number of aryl methyl sites for hydroxylation is 6. The van der Waals surface area contributed by atoms with Crippen LogP contribution in [0.25, 0.3) is 0 Å². The number of hydrogen-bond donors (Lipinski definition) is 0.